The number of ketones is 1. The summed E-state index contributed by atoms with van der Waals surface area (Å²) in [6.07, 6.45) is 9.10. The zero-order valence-electron chi connectivity index (χ0n) is 77.7. The molecule has 44 heteroatoms. The minimum atomic E-state index is -0.990. The van der Waals surface area contributed by atoms with E-state index in [0.29, 0.717) is 212 Å². The number of aromatic nitrogens is 7. The van der Waals surface area contributed by atoms with E-state index in [-0.39, 0.29) is 85.1 Å². The molecule has 6 fully saturated rings. The number of hydrogen-bond acceptors (Lipinski definition) is 29. The van der Waals surface area contributed by atoms with E-state index in [4.69, 9.17) is 69.1 Å². The summed E-state index contributed by atoms with van der Waals surface area (Å²) in [5.41, 5.74) is 7.84. The molecule has 6 atom stereocenters. The van der Waals surface area contributed by atoms with E-state index in [1.807, 2.05) is 67.4 Å². The highest BCUT2D eigenvalue weighted by atomic mass is 35.5. The van der Waals surface area contributed by atoms with Crippen molar-refractivity contribution in [1.29, 1.82) is 0 Å². The Morgan fingerprint density at radius 3 is 1.28 bits per heavy atom. The van der Waals surface area contributed by atoms with Crippen LogP contribution in [0.4, 0.5) is 39.2 Å². The van der Waals surface area contributed by atoms with Crippen molar-refractivity contribution in [2.24, 2.45) is 15.0 Å². The van der Waals surface area contributed by atoms with Crippen molar-refractivity contribution < 1.29 is 76.0 Å². The van der Waals surface area contributed by atoms with E-state index in [9.17, 15) is 56.6 Å². The first kappa shape index (κ1) is 99.4. The maximum Gasteiger partial charge on any atom is 0.338 e. The molecular formula is C100H92Cl3F3N22O13S3. The number of carboxylic acids is 1. The lowest BCUT2D eigenvalue weighted by Crippen LogP contribution is -2.53. The number of anilines is 2. The summed E-state index contributed by atoms with van der Waals surface area (Å²) in [5, 5.41) is 45.7. The van der Waals surface area contributed by atoms with Crippen LogP contribution < -0.4 is 25.8 Å². The number of ether oxygens (including phenoxy) is 3. The molecule has 144 heavy (non-hydrogen) atoms. The second-order valence-electron chi connectivity index (χ2n) is 34.6. The smallest absolute Gasteiger partial charge is 0.338 e. The van der Waals surface area contributed by atoms with Crippen LogP contribution in [0.3, 0.4) is 0 Å². The van der Waals surface area contributed by atoms with Gasteiger partial charge in [-0.15, -0.1) is 39.1 Å². The molecule has 20 rings (SSSR count). The van der Waals surface area contributed by atoms with Crippen LogP contribution in [0.15, 0.2) is 242 Å². The molecule has 0 radical (unpaired) electrons. The lowest BCUT2D eigenvalue weighted by molar-refractivity contribution is -0.137. The minimum absolute atomic E-state index is 0.0134. The van der Waals surface area contributed by atoms with Crippen LogP contribution in [0.2, 0.25) is 15.1 Å². The molecule has 0 unspecified atom stereocenters. The van der Waals surface area contributed by atoms with Gasteiger partial charge in [-0.3, -0.25) is 49.0 Å². The number of hydrogen-bond donors (Lipinski definition) is 5. The lowest BCUT2D eigenvalue weighted by atomic mass is 9.95. The maximum atomic E-state index is 14.0. The summed E-state index contributed by atoms with van der Waals surface area (Å²) in [6, 6.07) is 33.4. The zero-order valence-corrected chi connectivity index (χ0v) is 82.4. The minimum Gasteiger partial charge on any atom is -0.508 e. The van der Waals surface area contributed by atoms with E-state index < -0.39 is 59.5 Å². The zero-order chi connectivity index (χ0) is 101. The number of aliphatic hydroxyl groups excluding tert-OH is 1. The van der Waals surface area contributed by atoms with Gasteiger partial charge in [0.05, 0.1) is 87.1 Å². The van der Waals surface area contributed by atoms with Crippen LogP contribution in [0, 0.1) is 29.3 Å². The van der Waals surface area contributed by atoms with Crippen molar-refractivity contribution in [3.63, 3.8) is 0 Å². The quantitative estimate of drug-likeness (QED) is 0.0117. The van der Waals surface area contributed by atoms with Gasteiger partial charge in [-0.1, -0.05) is 95.7 Å². The number of methoxy groups -OCH3 is 3. The number of Topliss-reactive ketones (excluding diaryl/α,β-unsaturated/α-hetero) is 1. The van der Waals surface area contributed by atoms with Crippen LogP contribution in [0.5, 0.6) is 0 Å². The number of thiazole rings is 3. The van der Waals surface area contributed by atoms with Gasteiger partial charge < -0.3 is 60.0 Å². The fraction of sp³-hybridized carbons (Fsp3) is 0.280. The number of aromatic carboxylic acids is 1. The predicted octanol–water partition coefficient (Wildman–Crippen LogP) is 13.3. The molecular weight excluding hydrogens is 1980 g/mol. The van der Waals surface area contributed by atoms with Crippen LogP contribution >= 0.6 is 68.8 Å². The van der Waals surface area contributed by atoms with Gasteiger partial charge in [0.1, 0.15) is 41.3 Å². The van der Waals surface area contributed by atoms with E-state index in [1.54, 1.807) is 91.3 Å². The molecule has 14 heterocycles. The Labute approximate surface area is 850 Å². The molecule has 0 aliphatic carbocycles. The Bertz CT molecular complexity index is 7080. The Morgan fingerprint density at radius 1 is 0.479 bits per heavy atom. The first-order chi connectivity index (χ1) is 69.6. The number of carbonyl (C=O) groups excluding carboxylic acids is 7. The predicted molar refractivity (Wildman–Crippen MR) is 536 cm³/mol. The molecule has 5 N–H and O–H groups in total. The highest BCUT2D eigenvalue weighted by Crippen LogP contribution is 2.43. The Kier molecular flexibility index (Phi) is 30.1. The summed E-state index contributed by atoms with van der Waals surface area (Å²) in [4.78, 5) is 148. The number of benzene rings is 6. The van der Waals surface area contributed by atoms with Crippen LogP contribution in [0.25, 0.3) is 11.4 Å². The SMILES string of the molecule is C=C(O)c1ccc(Cn2ccc(N3C[C@@H]4CN(CC5=C(C(=O)OC)[C@H](c6ccc(F)cc6Cl)N=C(c6nccs6)N5)CCN4C3=O)n2)cc1.COC(=O)C1=C(CN2CCN3C(=O)N(CCC#Cc4ccc(C(=O)O)cc4)C[C@@H]3C2)NC(c2nccs2)=N[C@H]1c1ccc(F)cc1Cl.COC(=O)C1=C(CN2CCN3C(=O)N(c4ccn(-c5ccc(C(C)=O)cc5)n4)C[C@@H]3C2)NC(c2nccs2)=N[C@H]1c1ccc(F)cc1Cl. The van der Waals surface area contributed by atoms with E-state index in [2.05, 4.69) is 74.2 Å². The molecule has 6 saturated heterocycles. The fourth-order valence-electron chi connectivity index (χ4n) is 18.5. The van der Waals surface area contributed by atoms with Gasteiger partial charge in [0.2, 0.25) is 0 Å². The summed E-state index contributed by atoms with van der Waals surface area (Å²) in [7, 11) is 3.91. The van der Waals surface area contributed by atoms with Crippen molar-refractivity contribution in [3.05, 3.63) is 319 Å². The van der Waals surface area contributed by atoms with Crippen LogP contribution in [0.1, 0.15) is 101 Å². The number of urea groups is 3. The highest BCUT2D eigenvalue weighted by molar-refractivity contribution is 7.12. The topological polar surface area (TPSA) is 381 Å². The summed E-state index contributed by atoms with van der Waals surface area (Å²) < 4.78 is 61.1. The first-order valence-corrected chi connectivity index (χ1v) is 49.3. The number of carbonyl (C=O) groups is 8. The van der Waals surface area contributed by atoms with Crippen LogP contribution in [-0.2, 0) is 35.1 Å². The van der Waals surface area contributed by atoms with Crippen molar-refractivity contribution in [2.45, 2.75) is 56.1 Å². The van der Waals surface area contributed by atoms with Crippen molar-refractivity contribution in [1.82, 2.24) is 84.8 Å². The highest BCUT2D eigenvalue weighted by Gasteiger charge is 2.48. The number of halogens is 6. The molecule has 740 valence electrons. The molecule has 6 aromatic carbocycles. The van der Waals surface area contributed by atoms with Crippen molar-refractivity contribution in [2.75, 3.05) is 136 Å². The summed E-state index contributed by atoms with van der Waals surface area (Å²) in [5.74, 6) is 4.36. The Balaban J connectivity index is 0.000000142. The Morgan fingerprint density at radius 2 is 0.882 bits per heavy atom. The second kappa shape index (κ2) is 43.6. The maximum absolute atomic E-state index is 14.0. The van der Waals surface area contributed by atoms with E-state index in [1.165, 1.54) is 129 Å². The molecule has 35 nitrogen and oxygen atoms in total. The second-order valence-corrected chi connectivity index (χ2v) is 38.5. The number of carboxylic acid groups (broad SMARTS) is 1. The molecule has 9 aliphatic heterocycles. The molecule has 9 aliphatic rings. The molecule has 6 amide bonds. The van der Waals surface area contributed by atoms with Crippen LogP contribution in [-0.4, -0.2) is 288 Å². The van der Waals surface area contributed by atoms with Gasteiger partial charge >= 0.3 is 42.0 Å². The number of nitrogens with one attached hydrogen (secondary N) is 3. The number of aliphatic imine (C=N–C) groups is 3. The third kappa shape index (κ3) is 21.8. The monoisotopic (exact) mass is 2070 g/mol. The van der Waals surface area contributed by atoms with Gasteiger partial charge in [-0.05, 0) is 97.4 Å². The van der Waals surface area contributed by atoms with Crippen molar-refractivity contribution >= 4 is 151 Å². The largest absolute Gasteiger partial charge is 0.508 e. The molecule has 11 aromatic rings. The molecule has 0 spiro atoms. The van der Waals surface area contributed by atoms with Gasteiger partial charge in [0.15, 0.2) is 49.9 Å². The number of aliphatic hydroxyl groups is 1. The fourth-order valence-corrected chi connectivity index (χ4v) is 21.1. The number of fused-ring (bicyclic) bond motifs is 3. The number of piperazine rings is 3. The standard InChI is InChI=1S/C34H32ClFN8O4S.C33H30ClFN8O4S.C33H30ClFN6O5S/c1-20(45)22-5-3-21(4-6-22)16-42-11-9-28(40-42)44-18-24-17-41(12-13-43(24)34(44)47)19-27-29(33(46)48-2)30(25-8-7-23(36)15-26(25)35)39-31(38-27)32-37-10-14-49-32;1-19(44)20-3-6-22(7-4-20)43-11-9-27(39-43)42-17-23-16-40(12-13-41(23)33(42)46)18-26-28(32(45)47-2)29(24-8-5-21(35)15-25(24)34)38-30(37-26)31-36-10-14-48-31;1-46-32(44)27-26(37-29(30-36-11-15-47-30)38-28(27)24-10-9-22(35)16-25(24)34)19-39-13-14-41-23(17-39)18-40(33(41)45)12-3-2-4-20-5-7-21(8-6-20)31(42)43/h3-11,14-15,24,30,45H,1,12-13,16-19H2,2H3,(H,38,39);3-11,14-15,23,29H,12-13,16-18H2,1-2H3,(H,37,38);5-11,15-16,23,28H,3,12-14,17-19H2,1H3,(H,37,38)(H,42,43)/t24-,30-;23-,29-;23-,28-/m000/s1. The molecule has 0 bridgehead atoms. The third-order valence-electron chi connectivity index (χ3n) is 25.6. The molecule has 5 aromatic heterocycles. The normalized spacial score (nSPS) is 19.5. The average Bonchev–Trinajstić information content (AvgIpc) is 0.923. The Hall–Kier alpha value is -14.7. The van der Waals surface area contributed by atoms with Gasteiger partial charge in [-0.2, -0.15) is 5.10 Å². The van der Waals surface area contributed by atoms with E-state index >= 15 is 0 Å². The summed E-state index contributed by atoms with van der Waals surface area (Å²) in [6.45, 7) is 13.3. The number of amides is 6. The van der Waals surface area contributed by atoms with E-state index in [0.717, 1.165) is 11.3 Å². The number of amidine groups is 3. The first-order valence-electron chi connectivity index (χ1n) is 45.5. The number of esters is 3. The van der Waals surface area contributed by atoms with Crippen molar-refractivity contribution in [3.8, 4) is 17.5 Å². The third-order valence-corrected chi connectivity index (χ3v) is 28.9. The van der Waals surface area contributed by atoms with Gasteiger partial charge in [0.25, 0.3) is 0 Å². The van der Waals surface area contributed by atoms with Gasteiger partial charge in [0, 0.05) is 223 Å². The number of nitrogens with zero attached hydrogens (tertiary/aromatic N) is 19. The lowest BCUT2D eigenvalue weighted by Gasteiger charge is -2.38. The average molecular weight is 2070 g/mol. The summed E-state index contributed by atoms with van der Waals surface area (Å²) >= 11 is 23.6. The molecule has 0 saturated carbocycles. The number of rotatable bonds is 25. The van der Waals surface area contributed by atoms with Gasteiger partial charge in [-0.25, -0.2) is 66.4 Å².